The monoisotopic (exact) mass is 514 g/mol. The minimum Gasteiger partial charge on any atom is -0.489 e. The third kappa shape index (κ3) is 6.55. The fourth-order valence-electron chi connectivity index (χ4n) is 3.65. The molecule has 2 N–H and O–H groups in total. The topological polar surface area (TPSA) is 92.8 Å². The van der Waals surface area contributed by atoms with Crippen LogP contribution in [0.15, 0.2) is 72.9 Å². The van der Waals surface area contributed by atoms with Gasteiger partial charge in [0.25, 0.3) is 11.8 Å². The number of aromatic nitrogens is 1. The number of hydrogen-bond donors (Lipinski definition) is 2. The molecule has 2 amide bonds. The SMILES string of the molecule is C=C(C#Cc1ccc2c(c1)N(C)C(=O)C(NC(=O)c1cc(Oc3ccc(F)cc3)ccn1)CO2)CCNC. The van der Waals surface area contributed by atoms with E-state index in [0.717, 1.165) is 18.5 Å². The molecule has 0 radical (unpaired) electrons. The molecule has 2 heterocycles. The number of hydrogen-bond acceptors (Lipinski definition) is 6. The Hall–Kier alpha value is -4.68. The molecular weight excluding hydrogens is 487 g/mol. The molecule has 4 rings (SSSR count). The summed E-state index contributed by atoms with van der Waals surface area (Å²) in [4.78, 5) is 31.7. The summed E-state index contributed by atoms with van der Waals surface area (Å²) in [6, 6.07) is 12.9. The van der Waals surface area contributed by atoms with Crippen molar-refractivity contribution in [1.82, 2.24) is 15.6 Å². The van der Waals surface area contributed by atoms with Crippen LogP contribution < -0.4 is 25.0 Å². The van der Waals surface area contributed by atoms with Crippen molar-refractivity contribution in [2.75, 3.05) is 32.1 Å². The second-order valence-electron chi connectivity index (χ2n) is 8.56. The van der Waals surface area contributed by atoms with Gasteiger partial charge in [0, 0.05) is 24.9 Å². The summed E-state index contributed by atoms with van der Waals surface area (Å²) >= 11 is 0. The van der Waals surface area contributed by atoms with Gasteiger partial charge in [-0.2, -0.15) is 0 Å². The molecule has 0 aliphatic carbocycles. The first-order chi connectivity index (χ1) is 18.3. The third-order valence-corrected chi connectivity index (χ3v) is 5.73. The Labute approximate surface area is 220 Å². The molecule has 1 atom stereocenters. The van der Waals surface area contributed by atoms with Gasteiger partial charge in [0.1, 0.15) is 41.4 Å². The first-order valence-corrected chi connectivity index (χ1v) is 11.9. The standard InChI is InChI=1S/C29H27FN4O4/c1-19(12-14-31-2)4-5-20-6-11-27-26(16-20)34(3)29(36)25(18-37-27)33-28(35)24-17-23(13-15-32-24)38-22-9-7-21(30)8-10-22/h6-11,13,15-17,25,31H,1,12,14,18H2,2-3H3,(H,33,35). The van der Waals surface area contributed by atoms with Crippen LogP contribution in [0.3, 0.4) is 0 Å². The summed E-state index contributed by atoms with van der Waals surface area (Å²) < 4.78 is 24.7. The molecule has 1 aromatic heterocycles. The molecule has 9 heteroatoms. The number of likely N-dealkylation sites (N-methyl/N-ethyl adjacent to an activating group) is 1. The average Bonchev–Trinajstić information content (AvgIpc) is 3.04. The van der Waals surface area contributed by atoms with Crippen LogP contribution in [0.5, 0.6) is 17.2 Å². The highest BCUT2D eigenvalue weighted by atomic mass is 19.1. The predicted molar refractivity (Wildman–Crippen MR) is 142 cm³/mol. The van der Waals surface area contributed by atoms with Crippen LogP contribution in [0.25, 0.3) is 0 Å². The molecule has 1 aliphatic heterocycles. The van der Waals surface area contributed by atoms with Gasteiger partial charge in [0.05, 0.1) is 5.69 Å². The molecule has 1 unspecified atom stereocenters. The summed E-state index contributed by atoms with van der Waals surface area (Å²) in [5, 5.41) is 5.75. The van der Waals surface area contributed by atoms with E-state index in [1.165, 1.54) is 41.4 Å². The molecule has 0 saturated carbocycles. The normalized spacial score (nSPS) is 14.3. The number of rotatable bonds is 7. The number of ether oxygens (including phenoxy) is 2. The van der Waals surface area contributed by atoms with E-state index in [-0.39, 0.29) is 24.0 Å². The van der Waals surface area contributed by atoms with Crippen LogP contribution in [0.4, 0.5) is 10.1 Å². The van der Waals surface area contributed by atoms with E-state index in [1.807, 2.05) is 13.1 Å². The molecule has 0 spiro atoms. The number of fused-ring (bicyclic) bond motifs is 1. The zero-order valence-electron chi connectivity index (χ0n) is 21.1. The van der Waals surface area contributed by atoms with Crippen LogP contribution in [-0.2, 0) is 4.79 Å². The summed E-state index contributed by atoms with van der Waals surface area (Å²) in [7, 11) is 3.49. The van der Waals surface area contributed by atoms with Crippen molar-refractivity contribution in [3.05, 3.63) is 90.0 Å². The minimum absolute atomic E-state index is 0.0536. The van der Waals surface area contributed by atoms with E-state index in [2.05, 4.69) is 34.0 Å². The Morgan fingerprint density at radius 1 is 1.21 bits per heavy atom. The maximum Gasteiger partial charge on any atom is 0.270 e. The summed E-state index contributed by atoms with van der Waals surface area (Å²) in [5.41, 5.74) is 2.12. The van der Waals surface area contributed by atoms with Gasteiger partial charge in [-0.05, 0) is 74.1 Å². The first kappa shape index (κ1) is 26.4. The first-order valence-electron chi connectivity index (χ1n) is 11.9. The van der Waals surface area contributed by atoms with E-state index in [0.29, 0.717) is 28.5 Å². The van der Waals surface area contributed by atoms with Gasteiger partial charge in [0.15, 0.2) is 0 Å². The summed E-state index contributed by atoms with van der Waals surface area (Å²) in [6.07, 6.45) is 2.16. The number of benzene rings is 2. The Bertz CT molecular complexity index is 1410. The Morgan fingerprint density at radius 2 is 2.00 bits per heavy atom. The van der Waals surface area contributed by atoms with Crippen molar-refractivity contribution < 1.29 is 23.5 Å². The molecule has 8 nitrogen and oxygen atoms in total. The Balaban J connectivity index is 1.44. The van der Waals surface area contributed by atoms with Crippen molar-refractivity contribution in [3.8, 4) is 29.1 Å². The molecule has 2 aromatic carbocycles. The third-order valence-electron chi connectivity index (χ3n) is 5.73. The maximum atomic E-state index is 13.2. The number of carbonyl (C=O) groups is 2. The average molecular weight is 515 g/mol. The van der Waals surface area contributed by atoms with Crippen molar-refractivity contribution in [1.29, 1.82) is 0 Å². The fourth-order valence-corrected chi connectivity index (χ4v) is 3.65. The minimum atomic E-state index is -0.945. The van der Waals surface area contributed by atoms with Crippen LogP contribution in [0.1, 0.15) is 22.5 Å². The van der Waals surface area contributed by atoms with E-state index < -0.39 is 11.9 Å². The molecule has 0 fully saturated rings. The molecule has 0 bridgehead atoms. The van der Waals surface area contributed by atoms with Gasteiger partial charge in [-0.15, -0.1) is 0 Å². The molecular formula is C29H27FN4O4. The maximum absolute atomic E-state index is 13.2. The summed E-state index contributed by atoms with van der Waals surface area (Å²) in [6.45, 7) is 4.69. The van der Waals surface area contributed by atoms with E-state index >= 15 is 0 Å². The zero-order chi connectivity index (χ0) is 27.1. The predicted octanol–water partition coefficient (Wildman–Crippen LogP) is 3.68. The molecule has 38 heavy (non-hydrogen) atoms. The van der Waals surface area contributed by atoms with Gasteiger partial charge < -0.3 is 25.0 Å². The number of amides is 2. The number of halogens is 1. The van der Waals surface area contributed by atoms with Crippen molar-refractivity contribution in [3.63, 3.8) is 0 Å². The van der Waals surface area contributed by atoms with E-state index in [9.17, 15) is 14.0 Å². The Morgan fingerprint density at radius 3 is 2.76 bits per heavy atom. The highest BCUT2D eigenvalue weighted by Gasteiger charge is 2.31. The zero-order valence-corrected chi connectivity index (χ0v) is 21.1. The van der Waals surface area contributed by atoms with Crippen LogP contribution in [0.2, 0.25) is 0 Å². The molecule has 1 aliphatic rings. The van der Waals surface area contributed by atoms with Gasteiger partial charge in [-0.25, -0.2) is 4.39 Å². The second kappa shape index (κ2) is 12.0. The van der Waals surface area contributed by atoms with Crippen LogP contribution in [0, 0.1) is 17.7 Å². The van der Waals surface area contributed by atoms with E-state index in [1.54, 1.807) is 25.2 Å². The number of nitrogens with zero attached hydrogens (tertiary/aromatic N) is 2. The number of pyridine rings is 1. The largest absolute Gasteiger partial charge is 0.489 e. The lowest BCUT2D eigenvalue weighted by molar-refractivity contribution is -0.120. The highest BCUT2D eigenvalue weighted by Crippen LogP contribution is 2.31. The smallest absolute Gasteiger partial charge is 0.270 e. The molecule has 194 valence electrons. The van der Waals surface area contributed by atoms with Crippen molar-refractivity contribution >= 4 is 17.5 Å². The lowest BCUT2D eigenvalue weighted by Gasteiger charge is -2.20. The van der Waals surface area contributed by atoms with Gasteiger partial charge in [-0.3, -0.25) is 14.6 Å². The van der Waals surface area contributed by atoms with Gasteiger partial charge in [0.2, 0.25) is 0 Å². The van der Waals surface area contributed by atoms with Gasteiger partial charge in [-0.1, -0.05) is 18.4 Å². The van der Waals surface area contributed by atoms with Crippen molar-refractivity contribution in [2.45, 2.75) is 12.5 Å². The lowest BCUT2D eigenvalue weighted by atomic mass is 10.1. The lowest BCUT2D eigenvalue weighted by Crippen LogP contribution is -2.49. The molecule has 3 aromatic rings. The Kier molecular flexibility index (Phi) is 8.36. The molecule has 0 saturated heterocycles. The van der Waals surface area contributed by atoms with Crippen LogP contribution >= 0.6 is 0 Å². The van der Waals surface area contributed by atoms with Crippen LogP contribution in [-0.4, -0.2) is 50.1 Å². The van der Waals surface area contributed by atoms with E-state index in [4.69, 9.17) is 9.47 Å². The quantitative estimate of drug-likeness (QED) is 0.468. The fraction of sp³-hybridized carbons (Fsp3) is 0.207. The summed E-state index contributed by atoms with van der Waals surface area (Å²) in [5.74, 6) is 6.06. The van der Waals surface area contributed by atoms with Gasteiger partial charge >= 0.3 is 0 Å². The number of anilines is 1. The number of nitrogens with one attached hydrogen (secondary N) is 2. The number of carbonyl (C=O) groups excluding carboxylic acids is 2. The second-order valence-corrected chi connectivity index (χ2v) is 8.56. The highest BCUT2D eigenvalue weighted by molar-refractivity contribution is 6.03. The van der Waals surface area contributed by atoms with Crippen molar-refractivity contribution in [2.24, 2.45) is 0 Å².